The average molecular weight is 274 g/mol. The Morgan fingerprint density at radius 3 is 2.58 bits per heavy atom. The van der Waals surface area contributed by atoms with Gasteiger partial charge >= 0.3 is 6.18 Å². The van der Waals surface area contributed by atoms with Gasteiger partial charge in [0, 0.05) is 32.7 Å². The van der Waals surface area contributed by atoms with Crippen molar-refractivity contribution >= 4 is 11.6 Å². The average Bonchev–Trinajstić information content (AvgIpc) is 2.39. The lowest BCUT2D eigenvalue weighted by atomic mass is 10.2. The van der Waals surface area contributed by atoms with E-state index >= 15 is 0 Å². The molecule has 7 heteroatoms. The highest BCUT2D eigenvalue weighted by Gasteiger charge is 2.32. The van der Waals surface area contributed by atoms with Crippen LogP contribution >= 0.6 is 0 Å². The van der Waals surface area contributed by atoms with Gasteiger partial charge in [0.15, 0.2) is 0 Å². The maximum atomic E-state index is 12.9. The van der Waals surface area contributed by atoms with Gasteiger partial charge in [-0.05, 0) is 19.1 Å². The van der Waals surface area contributed by atoms with Crippen LogP contribution in [0.3, 0.4) is 0 Å². The SMILES string of the molecule is CCNc1cc(C(F)(F)F)cc(N2CCNCC2)n1. The smallest absolute Gasteiger partial charge is 0.370 e. The molecule has 1 aliphatic heterocycles. The Hall–Kier alpha value is -1.50. The summed E-state index contributed by atoms with van der Waals surface area (Å²) in [5, 5.41) is 6.01. The fraction of sp³-hybridized carbons (Fsp3) is 0.583. The second-order valence-corrected chi connectivity index (χ2v) is 4.36. The van der Waals surface area contributed by atoms with Gasteiger partial charge in [0.25, 0.3) is 0 Å². The summed E-state index contributed by atoms with van der Waals surface area (Å²) in [5.74, 6) is 0.651. The normalized spacial score (nSPS) is 16.5. The second-order valence-electron chi connectivity index (χ2n) is 4.36. The summed E-state index contributed by atoms with van der Waals surface area (Å²) < 4.78 is 38.6. The second kappa shape index (κ2) is 5.64. The maximum absolute atomic E-state index is 12.9. The van der Waals surface area contributed by atoms with E-state index < -0.39 is 11.7 Å². The quantitative estimate of drug-likeness (QED) is 0.883. The van der Waals surface area contributed by atoms with Crippen LogP contribution in [0.1, 0.15) is 12.5 Å². The van der Waals surface area contributed by atoms with Gasteiger partial charge < -0.3 is 15.5 Å². The molecule has 106 valence electrons. The predicted molar refractivity (Wildman–Crippen MR) is 68.5 cm³/mol. The van der Waals surface area contributed by atoms with Crippen molar-refractivity contribution in [2.45, 2.75) is 13.1 Å². The fourth-order valence-corrected chi connectivity index (χ4v) is 2.01. The van der Waals surface area contributed by atoms with Crippen molar-refractivity contribution in [1.29, 1.82) is 0 Å². The third-order valence-electron chi connectivity index (χ3n) is 2.94. The number of hydrogen-bond acceptors (Lipinski definition) is 4. The summed E-state index contributed by atoms with van der Waals surface area (Å²) in [4.78, 5) is 6.12. The molecule has 1 aromatic rings. The zero-order valence-electron chi connectivity index (χ0n) is 10.7. The first-order valence-electron chi connectivity index (χ1n) is 6.29. The van der Waals surface area contributed by atoms with E-state index in [-0.39, 0.29) is 5.82 Å². The van der Waals surface area contributed by atoms with E-state index in [9.17, 15) is 13.2 Å². The molecule has 0 amide bonds. The molecule has 0 aromatic carbocycles. The van der Waals surface area contributed by atoms with E-state index in [1.165, 1.54) is 0 Å². The number of halogens is 3. The topological polar surface area (TPSA) is 40.2 Å². The van der Waals surface area contributed by atoms with Crippen molar-refractivity contribution in [3.05, 3.63) is 17.7 Å². The van der Waals surface area contributed by atoms with E-state index in [0.717, 1.165) is 25.2 Å². The number of nitrogens with one attached hydrogen (secondary N) is 2. The molecule has 2 N–H and O–H groups in total. The standard InChI is InChI=1S/C12H17F3N4/c1-2-17-10-7-9(12(13,14)15)8-11(18-10)19-5-3-16-4-6-19/h7-8,16H,2-6H2,1H3,(H,17,18). The van der Waals surface area contributed by atoms with E-state index in [4.69, 9.17) is 0 Å². The number of anilines is 2. The highest BCUT2D eigenvalue weighted by Crippen LogP contribution is 2.32. The number of hydrogen-bond donors (Lipinski definition) is 2. The molecular weight excluding hydrogens is 257 g/mol. The molecule has 0 atom stereocenters. The molecule has 2 rings (SSSR count). The molecule has 4 nitrogen and oxygen atoms in total. The number of rotatable bonds is 3. The Morgan fingerprint density at radius 2 is 2.00 bits per heavy atom. The summed E-state index contributed by atoms with van der Waals surface area (Å²) in [6, 6.07) is 2.17. The van der Waals surface area contributed by atoms with Crippen molar-refractivity contribution in [3.63, 3.8) is 0 Å². The van der Waals surface area contributed by atoms with Crippen molar-refractivity contribution in [3.8, 4) is 0 Å². The van der Waals surface area contributed by atoms with Crippen LogP contribution in [0.25, 0.3) is 0 Å². The summed E-state index contributed by atoms with van der Waals surface area (Å²) in [6.45, 7) is 5.21. The van der Waals surface area contributed by atoms with Gasteiger partial charge in [-0.2, -0.15) is 13.2 Å². The highest BCUT2D eigenvalue weighted by molar-refractivity contribution is 5.51. The fourth-order valence-electron chi connectivity index (χ4n) is 2.01. The van der Waals surface area contributed by atoms with Gasteiger partial charge in [-0.1, -0.05) is 0 Å². The van der Waals surface area contributed by atoms with Crippen molar-refractivity contribution in [2.24, 2.45) is 0 Å². The molecule has 0 saturated carbocycles. The minimum Gasteiger partial charge on any atom is -0.370 e. The molecule has 0 bridgehead atoms. The first kappa shape index (κ1) is 13.9. The zero-order valence-corrected chi connectivity index (χ0v) is 10.7. The predicted octanol–water partition coefficient (Wildman–Crippen LogP) is 1.94. The van der Waals surface area contributed by atoms with Gasteiger partial charge in [0.05, 0.1) is 5.56 Å². The summed E-state index contributed by atoms with van der Waals surface area (Å²) >= 11 is 0. The molecule has 19 heavy (non-hydrogen) atoms. The Labute approximate surface area is 110 Å². The molecule has 1 aliphatic rings. The number of alkyl halides is 3. The van der Waals surface area contributed by atoms with Gasteiger partial charge in [-0.15, -0.1) is 0 Å². The zero-order chi connectivity index (χ0) is 13.9. The largest absolute Gasteiger partial charge is 0.416 e. The molecule has 1 saturated heterocycles. The van der Waals surface area contributed by atoms with Crippen LogP contribution in [0.2, 0.25) is 0 Å². The number of piperazine rings is 1. The summed E-state index contributed by atoms with van der Waals surface area (Å²) in [6.07, 6.45) is -4.35. The van der Waals surface area contributed by atoms with Crippen molar-refractivity contribution in [2.75, 3.05) is 42.9 Å². The summed E-state index contributed by atoms with van der Waals surface area (Å²) in [7, 11) is 0. The first-order chi connectivity index (χ1) is 9.00. The lowest BCUT2D eigenvalue weighted by molar-refractivity contribution is -0.137. The summed E-state index contributed by atoms with van der Waals surface area (Å²) in [5.41, 5.74) is -0.660. The van der Waals surface area contributed by atoms with Crippen LogP contribution in [0, 0.1) is 0 Å². The molecule has 1 fully saturated rings. The Morgan fingerprint density at radius 1 is 1.32 bits per heavy atom. The molecule has 2 heterocycles. The van der Waals surface area contributed by atoms with Crippen LogP contribution in [0.4, 0.5) is 24.8 Å². The van der Waals surface area contributed by atoms with Gasteiger partial charge in [0.1, 0.15) is 11.6 Å². The van der Waals surface area contributed by atoms with E-state index in [0.29, 0.717) is 25.5 Å². The lowest BCUT2D eigenvalue weighted by Gasteiger charge is -2.29. The third kappa shape index (κ3) is 3.50. The van der Waals surface area contributed by atoms with Gasteiger partial charge in [0.2, 0.25) is 0 Å². The molecule has 0 radical (unpaired) electrons. The van der Waals surface area contributed by atoms with Gasteiger partial charge in [-0.3, -0.25) is 0 Å². The number of pyridine rings is 1. The van der Waals surface area contributed by atoms with Crippen molar-refractivity contribution in [1.82, 2.24) is 10.3 Å². The Bertz CT molecular complexity index is 427. The molecule has 0 aliphatic carbocycles. The molecular formula is C12H17F3N4. The van der Waals surface area contributed by atoms with Crippen LogP contribution in [-0.4, -0.2) is 37.7 Å². The van der Waals surface area contributed by atoms with E-state index in [1.54, 1.807) is 0 Å². The first-order valence-corrected chi connectivity index (χ1v) is 6.29. The lowest BCUT2D eigenvalue weighted by Crippen LogP contribution is -2.44. The minimum atomic E-state index is -4.35. The van der Waals surface area contributed by atoms with E-state index in [1.807, 2.05) is 11.8 Å². The number of nitrogens with zero attached hydrogens (tertiary/aromatic N) is 2. The molecule has 1 aromatic heterocycles. The minimum absolute atomic E-state index is 0.269. The monoisotopic (exact) mass is 274 g/mol. The third-order valence-corrected chi connectivity index (χ3v) is 2.94. The van der Waals surface area contributed by atoms with Crippen LogP contribution in [0.15, 0.2) is 12.1 Å². The van der Waals surface area contributed by atoms with Crippen LogP contribution < -0.4 is 15.5 Å². The Balaban J connectivity index is 2.33. The number of aromatic nitrogens is 1. The Kier molecular flexibility index (Phi) is 4.14. The van der Waals surface area contributed by atoms with E-state index in [2.05, 4.69) is 15.6 Å². The maximum Gasteiger partial charge on any atom is 0.416 e. The molecule has 0 spiro atoms. The molecule has 0 unspecified atom stereocenters. The van der Waals surface area contributed by atoms with Gasteiger partial charge in [-0.25, -0.2) is 4.98 Å². The van der Waals surface area contributed by atoms with Crippen molar-refractivity contribution < 1.29 is 13.2 Å². The highest BCUT2D eigenvalue weighted by atomic mass is 19.4. The van der Waals surface area contributed by atoms with Crippen LogP contribution in [-0.2, 0) is 6.18 Å². The van der Waals surface area contributed by atoms with Crippen LogP contribution in [0.5, 0.6) is 0 Å².